The highest BCUT2D eigenvalue weighted by Gasteiger charge is 2.68. The monoisotopic (exact) mass is 358 g/mol. The van der Waals surface area contributed by atoms with Crippen molar-refractivity contribution in [3.05, 3.63) is 46.5 Å². The fraction of sp³-hybridized carbons (Fsp3) is 0.353. The van der Waals surface area contributed by atoms with E-state index in [4.69, 9.17) is 9.47 Å². The number of carbonyl (C=O) groups excluding carboxylic acids is 3. The van der Waals surface area contributed by atoms with Crippen LogP contribution in [0.2, 0.25) is 0 Å². The van der Waals surface area contributed by atoms with Gasteiger partial charge in [-0.1, -0.05) is 12.1 Å². The molecule has 4 rings (SSSR count). The molecule has 3 aliphatic rings. The number of nitrogens with zero attached hydrogens (tertiary/aromatic N) is 2. The second kappa shape index (κ2) is 5.46. The van der Waals surface area contributed by atoms with E-state index in [9.17, 15) is 24.5 Å². The van der Waals surface area contributed by atoms with Crippen molar-refractivity contribution in [3.63, 3.8) is 0 Å². The molecule has 0 spiro atoms. The lowest BCUT2D eigenvalue weighted by atomic mass is 9.77. The van der Waals surface area contributed by atoms with Gasteiger partial charge in [0.05, 0.1) is 28.6 Å². The minimum Gasteiger partial charge on any atom is -0.462 e. The van der Waals surface area contributed by atoms with Gasteiger partial charge in [0.1, 0.15) is 12.2 Å². The third-order valence-corrected chi connectivity index (χ3v) is 4.95. The summed E-state index contributed by atoms with van der Waals surface area (Å²) in [7, 11) is 0. The predicted molar refractivity (Wildman–Crippen MR) is 85.9 cm³/mol. The Morgan fingerprint density at radius 2 is 2.15 bits per heavy atom. The number of imide groups is 1. The number of anilines is 1. The molecule has 1 aromatic rings. The van der Waals surface area contributed by atoms with Gasteiger partial charge in [0, 0.05) is 19.1 Å². The van der Waals surface area contributed by atoms with Crippen LogP contribution in [0.25, 0.3) is 0 Å². The van der Waals surface area contributed by atoms with Crippen molar-refractivity contribution in [1.82, 2.24) is 0 Å². The highest BCUT2D eigenvalue weighted by Crippen LogP contribution is 2.52. The van der Waals surface area contributed by atoms with E-state index in [1.807, 2.05) is 0 Å². The number of hydrogen-bond acceptors (Lipinski definition) is 7. The van der Waals surface area contributed by atoms with Crippen LogP contribution < -0.4 is 4.90 Å². The summed E-state index contributed by atoms with van der Waals surface area (Å²) >= 11 is 0. The quantitative estimate of drug-likeness (QED) is 0.259. The van der Waals surface area contributed by atoms with Gasteiger partial charge in [-0.05, 0) is 12.1 Å². The zero-order valence-corrected chi connectivity index (χ0v) is 13.7. The van der Waals surface area contributed by atoms with Crippen LogP contribution in [0.3, 0.4) is 0 Å². The number of rotatable bonds is 4. The van der Waals surface area contributed by atoms with Crippen LogP contribution in [0.1, 0.15) is 6.92 Å². The van der Waals surface area contributed by atoms with Crippen molar-refractivity contribution in [2.75, 3.05) is 11.5 Å². The van der Waals surface area contributed by atoms with E-state index in [-0.39, 0.29) is 18.0 Å². The molecule has 2 bridgehead atoms. The maximum absolute atomic E-state index is 13.0. The molecule has 4 atom stereocenters. The van der Waals surface area contributed by atoms with Crippen LogP contribution in [0.5, 0.6) is 0 Å². The Balaban J connectivity index is 1.70. The fourth-order valence-electron chi connectivity index (χ4n) is 3.88. The third kappa shape index (κ3) is 2.17. The van der Waals surface area contributed by atoms with Gasteiger partial charge >= 0.3 is 5.97 Å². The molecule has 0 aliphatic carbocycles. The number of hydrogen-bond donors (Lipinski definition) is 0. The van der Waals surface area contributed by atoms with Gasteiger partial charge in [0.25, 0.3) is 5.69 Å². The first kappa shape index (κ1) is 16.4. The Labute approximate surface area is 147 Å². The number of nitro groups is 1. The van der Waals surface area contributed by atoms with E-state index < -0.39 is 46.2 Å². The zero-order chi connectivity index (χ0) is 18.6. The summed E-state index contributed by atoms with van der Waals surface area (Å²) in [4.78, 5) is 48.4. The van der Waals surface area contributed by atoms with E-state index >= 15 is 0 Å². The number of ether oxygens (including phenoxy) is 2. The summed E-state index contributed by atoms with van der Waals surface area (Å²) in [6.07, 6.45) is 2.76. The molecule has 134 valence electrons. The van der Waals surface area contributed by atoms with E-state index in [1.165, 1.54) is 31.2 Å². The molecule has 26 heavy (non-hydrogen) atoms. The topological polar surface area (TPSA) is 116 Å². The second-order valence-corrected chi connectivity index (χ2v) is 6.47. The maximum atomic E-state index is 13.0. The van der Waals surface area contributed by atoms with Crippen molar-refractivity contribution >= 4 is 29.2 Å². The highest BCUT2D eigenvalue weighted by molar-refractivity contribution is 6.23. The zero-order valence-electron chi connectivity index (χ0n) is 13.7. The van der Waals surface area contributed by atoms with Crippen molar-refractivity contribution in [2.45, 2.75) is 18.6 Å². The Hall–Kier alpha value is -3.07. The molecule has 3 aliphatic heterocycles. The number of amides is 2. The van der Waals surface area contributed by atoms with Gasteiger partial charge < -0.3 is 9.47 Å². The molecular formula is C17H14N2O7. The largest absolute Gasteiger partial charge is 0.462 e. The number of fused-ring (bicyclic) bond motifs is 5. The Kier molecular flexibility index (Phi) is 3.45. The smallest absolute Gasteiger partial charge is 0.302 e. The molecule has 0 N–H and O–H groups in total. The standard InChI is InChI=1S/C17H14N2O7/c1-9(20)25-8-17-6-5-12(26-17)13-14(17)16(22)18(15(13)21)10-3-2-4-11(7-10)19(23)24/h2-7,12-14H,8H2,1H3/t12-,13-,14-,17-/m1/s1. The molecule has 0 aromatic heterocycles. The van der Waals surface area contributed by atoms with Gasteiger partial charge in [0.15, 0.2) is 0 Å². The maximum Gasteiger partial charge on any atom is 0.302 e. The minimum absolute atomic E-state index is 0.144. The molecule has 0 radical (unpaired) electrons. The molecule has 2 amide bonds. The minimum atomic E-state index is -1.18. The van der Waals surface area contributed by atoms with Gasteiger partial charge in [0.2, 0.25) is 11.8 Å². The average Bonchev–Trinajstić information content (AvgIpc) is 3.24. The summed E-state index contributed by atoms with van der Waals surface area (Å²) in [6, 6.07) is 5.36. The van der Waals surface area contributed by atoms with Crippen LogP contribution in [-0.4, -0.2) is 41.0 Å². The molecule has 2 saturated heterocycles. The Bertz CT molecular complexity index is 880. The number of carbonyl (C=O) groups is 3. The van der Waals surface area contributed by atoms with Crippen molar-refractivity contribution in [2.24, 2.45) is 11.8 Å². The first-order valence-corrected chi connectivity index (χ1v) is 7.97. The van der Waals surface area contributed by atoms with Crippen LogP contribution in [-0.2, 0) is 23.9 Å². The van der Waals surface area contributed by atoms with Gasteiger partial charge in [-0.25, -0.2) is 4.90 Å². The highest BCUT2D eigenvalue weighted by atomic mass is 16.6. The van der Waals surface area contributed by atoms with Gasteiger partial charge in [-0.2, -0.15) is 0 Å². The van der Waals surface area contributed by atoms with E-state index in [0.717, 1.165) is 4.90 Å². The summed E-state index contributed by atoms with van der Waals surface area (Å²) in [5.41, 5.74) is -1.25. The van der Waals surface area contributed by atoms with Gasteiger partial charge in [-0.3, -0.25) is 24.5 Å². The lowest BCUT2D eigenvalue weighted by molar-refractivity contribution is -0.384. The van der Waals surface area contributed by atoms with Crippen LogP contribution in [0.15, 0.2) is 36.4 Å². The van der Waals surface area contributed by atoms with Crippen LogP contribution in [0.4, 0.5) is 11.4 Å². The third-order valence-electron chi connectivity index (χ3n) is 4.95. The van der Waals surface area contributed by atoms with Crippen molar-refractivity contribution < 1.29 is 28.8 Å². The van der Waals surface area contributed by atoms with E-state index in [2.05, 4.69) is 0 Å². The Morgan fingerprint density at radius 3 is 2.85 bits per heavy atom. The fourth-order valence-corrected chi connectivity index (χ4v) is 3.88. The second-order valence-electron chi connectivity index (χ2n) is 6.47. The normalized spacial score (nSPS) is 31.4. The first-order valence-electron chi connectivity index (χ1n) is 7.97. The predicted octanol–water partition coefficient (Wildman–Crippen LogP) is 0.971. The number of non-ortho nitro benzene ring substituents is 1. The summed E-state index contributed by atoms with van der Waals surface area (Å²) < 4.78 is 10.8. The Morgan fingerprint density at radius 1 is 1.38 bits per heavy atom. The molecule has 9 nitrogen and oxygen atoms in total. The van der Waals surface area contributed by atoms with Crippen LogP contribution in [0, 0.1) is 22.0 Å². The van der Waals surface area contributed by atoms with Crippen molar-refractivity contribution in [3.8, 4) is 0 Å². The summed E-state index contributed by atoms with van der Waals surface area (Å²) in [5, 5.41) is 11.0. The van der Waals surface area contributed by atoms with E-state index in [1.54, 1.807) is 12.2 Å². The number of benzene rings is 1. The summed E-state index contributed by atoms with van der Waals surface area (Å²) in [6.45, 7) is 1.08. The molecule has 0 unspecified atom stereocenters. The number of esters is 1. The molecule has 9 heteroatoms. The lowest BCUT2D eigenvalue weighted by Crippen LogP contribution is -2.44. The average molecular weight is 358 g/mol. The number of nitro benzene ring substituents is 1. The lowest BCUT2D eigenvalue weighted by Gasteiger charge is -2.28. The molecule has 1 aromatic carbocycles. The molecule has 0 saturated carbocycles. The van der Waals surface area contributed by atoms with Gasteiger partial charge in [-0.15, -0.1) is 0 Å². The molecule has 2 fully saturated rings. The van der Waals surface area contributed by atoms with Crippen molar-refractivity contribution in [1.29, 1.82) is 0 Å². The summed E-state index contributed by atoms with van der Waals surface area (Å²) in [5.74, 6) is -3.07. The molecular weight excluding hydrogens is 344 g/mol. The van der Waals surface area contributed by atoms with Crippen LogP contribution >= 0.6 is 0 Å². The SMILES string of the molecule is CC(=O)OC[C@@]12C=C[C@@H](O1)[C@H]1C(=O)N(c3cccc([N+](=O)[O-])c3)C(=O)[C@@H]12. The molecule has 3 heterocycles. The first-order chi connectivity index (χ1) is 12.3. The van der Waals surface area contributed by atoms with E-state index in [0.29, 0.717) is 0 Å².